The van der Waals surface area contributed by atoms with E-state index in [9.17, 15) is 0 Å². The quantitative estimate of drug-likeness (QED) is 0.918. The fourth-order valence-electron chi connectivity index (χ4n) is 2.51. The smallest absolute Gasteiger partial charge is 0.0724 e. The van der Waals surface area contributed by atoms with Gasteiger partial charge in [0.15, 0.2) is 0 Å². The van der Waals surface area contributed by atoms with Gasteiger partial charge in [-0.25, -0.2) is 0 Å². The summed E-state index contributed by atoms with van der Waals surface area (Å²) >= 11 is 3.50. The number of hydrogen-bond acceptors (Lipinski definition) is 2. The van der Waals surface area contributed by atoms with E-state index in [0.717, 1.165) is 11.0 Å². The van der Waals surface area contributed by atoms with E-state index in [4.69, 9.17) is 4.74 Å². The standard InChI is InChI=1S/C14H20BrNO/c1-17-14-8-3-2-7-13(14)16-10-11-5-4-6-12(15)9-11/h4-6,9,13-14,16H,2-3,7-8,10H2,1H3. The Bertz CT molecular complexity index is 356. The maximum atomic E-state index is 5.54. The van der Waals surface area contributed by atoms with Crippen LogP contribution in [0.4, 0.5) is 0 Å². The maximum Gasteiger partial charge on any atom is 0.0724 e. The van der Waals surface area contributed by atoms with Crippen LogP contribution < -0.4 is 5.32 Å². The molecule has 2 unspecified atom stereocenters. The van der Waals surface area contributed by atoms with Crippen LogP contribution in [0.15, 0.2) is 28.7 Å². The Labute approximate surface area is 112 Å². The minimum atomic E-state index is 0.385. The summed E-state index contributed by atoms with van der Waals surface area (Å²) in [7, 11) is 1.82. The molecule has 1 aromatic carbocycles. The molecular weight excluding hydrogens is 278 g/mol. The van der Waals surface area contributed by atoms with Crippen molar-refractivity contribution in [2.45, 2.75) is 44.4 Å². The number of rotatable bonds is 4. The van der Waals surface area contributed by atoms with Gasteiger partial charge in [-0.3, -0.25) is 0 Å². The average molecular weight is 298 g/mol. The minimum absolute atomic E-state index is 0.385. The van der Waals surface area contributed by atoms with Crippen LogP contribution in [0.3, 0.4) is 0 Å². The molecule has 1 aromatic rings. The topological polar surface area (TPSA) is 21.3 Å². The minimum Gasteiger partial charge on any atom is -0.380 e. The zero-order chi connectivity index (χ0) is 12.1. The summed E-state index contributed by atoms with van der Waals surface area (Å²) in [6.07, 6.45) is 5.42. The van der Waals surface area contributed by atoms with Gasteiger partial charge in [0.1, 0.15) is 0 Å². The highest BCUT2D eigenvalue weighted by Crippen LogP contribution is 2.21. The van der Waals surface area contributed by atoms with Gasteiger partial charge in [0, 0.05) is 24.2 Å². The van der Waals surface area contributed by atoms with Gasteiger partial charge < -0.3 is 10.1 Å². The molecule has 0 radical (unpaired) electrons. The van der Waals surface area contributed by atoms with E-state index in [1.54, 1.807) is 0 Å². The molecule has 1 aliphatic carbocycles. The number of nitrogens with one attached hydrogen (secondary N) is 1. The Morgan fingerprint density at radius 3 is 2.94 bits per heavy atom. The zero-order valence-corrected chi connectivity index (χ0v) is 11.9. The molecule has 0 saturated heterocycles. The van der Waals surface area contributed by atoms with Crippen molar-refractivity contribution in [3.63, 3.8) is 0 Å². The number of ether oxygens (including phenoxy) is 1. The summed E-state index contributed by atoms with van der Waals surface area (Å²) in [4.78, 5) is 0. The lowest BCUT2D eigenvalue weighted by molar-refractivity contribution is 0.0413. The van der Waals surface area contributed by atoms with Crippen LogP contribution in [0.25, 0.3) is 0 Å². The highest BCUT2D eigenvalue weighted by atomic mass is 79.9. The second-order valence-corrected chi connectivity index (χ2v) is 5.59. The van der Waals surface area contributed by atoms with Gasteiger partial charge in [-0.2, -0.15) is 0 Å². The Balaban J connectivity index is 1.88. The second kappa shape index (κ2) is 6.53. The molecule has 2 rings (SSSR count). The summed E-state index contributed by atoms with van der Waals surface area (Å²) in [5.74, 6) is 0. The Kier molecular flexibility index (Phi) is 5.01. The van der Waals surface area contributed by atoms with Crippen molar-refractivity contribution in [3.05, 3.63) is 34.3 Å². The summed E-state index contributed by atoms with van der Waals surface area (Å²) in [6, 6.07) is 8.96. The van der Waals surface area contributed by atoms with Crippen molar-refractivity contribution < 1.29 is 4.74 Å². The summed E-state index contributed by atoms with van der Waals surface area (Å²) in [5, 5.41) is 3.62. The highest BCUT2D eigenvalue weighted by Gasteiger charge is 2.23. The predicted molar refractivity (Wildman–Crippen MR) is 74.0 cm³/mol. The lowest BCUT2D eigenvalue weighted by Gasteiger charge is -2.31. The number of methoxy groups -OCH3 is 1. The van der Waals surface area contributed by atoms with E-state index in [-0.39, 0.29) is 0 Å². The number of hydrogen-bond donors (Lipinski definition) is 1. The van der Waals surface area contributed by atoms with Gasteiger partial charge in [-0.1, -0.05) is 40.9 Å². The van der Waals surface area contributed by atoms with Gasteiger partial charge in [-0.15, -0.1) is 0 Å². The van der Waals surface area contributed by atoms with Crippen molar-refractivity contribution in [2.24, 2.45) is 0 Å². The summed E-state index contributed by atoms with van der Waals surface area (Å²) < 4.78 is 6.69. The third-order valence-corrected chi connectivity index (χ3v) is 3.96. The van der Waals surface area contributed by atoms with Gasteiger partial charge in [0.2, 0.25) is 0 Å². The first-order valence-corrected chi connectivity index (χ1v) is 7.09. The first-order chi connectivity index (χ1) is 8.29. The van der Waals surface area contributed by atoms with Crippen LogP contribution in [-0.4, -0.2) is 19.3 Å². The monoisotopic (exact) mass is 297 g/mol. The van der Waals surface area contributed by atoms with Gasteiger partial charge in [-0.05, 0) is 30.5 Å². The van der Waals surface area contributed by atoms with E-state index >= 15 is 0 Å². The molecule has 3 heteroatoms. The van der Waals surface area contributed by atoms with Crippen molar-refractivity contribution in [1.29, 1.82) is 0 Å². The molecule has 0 amide bonds. The van der Waals surface area contributed by atoms with E-state index in [0.29, 0.717) is 12.1 Å². The van der Waals surface area contributed by atoms with Crippen LogP contribution in [0, 0.1) is 0 Å². The van der Waals surface area contributed by atoms with Crippen molar-refractivity contribution in [2.75, 3.05) is 7.11 Å². The number of halogens is 1. The molecule has 17 heavy (non-hydrogen) atoms. The van der Waals surface area contributed by atoms with Gasteiger partial charge >= 0.3 is 0 Å². The average Bonchev–Trinajstić information content (AvgIpc) is 2.37. The normalized spacial score (nSPS) is 24.8. The van der Waals surface area contributed by atoms with Crippen LogP contribution in [0.1, 0.15) is 31.2 Å². The first kappa shape index (κ1) is 13.1. The van der Waals surface area contributed by atoms with Crippen molar-refractivity contribution >= 4 is 15.9 Å². The SMILES string of the molecule is COC1CCCCC1NCc1cccc(Br)c1. The van der Waals surface area contributed by atoms with Crippen LogP contribution >= 0.6 is 15.9 Å². The molecule has 0 bridgehead atoms. The fraction of sp³-hybridized carbons (Fsp3) is 0.571. The van der Waals surface area contributed by atoms with E-state index in [1.807, 2.05) is 7.11 Å². The molecule has 1 aliphatic rings. The molecule has 1 fully saturated rings. The molecule has 0 heterocycles. The Morgan fingerprint density at radius 2 is 2.18 bits per heavy atom. The molecule has 2 atom stereocenters. The highest BCUT2D eigenvalue weighted by molar-refractivity contribution is 9.10. The molecule has 1 N–H and O–H groups in total. The molecule has 0 aromatic heterocycles. The predicted octanol–water partition coefficient (Wildman–Crippen LogP) is 3.50. The van der Waals surface area contributed by atoms with E-state index in [1.165, 1.54) is 31.2 Å². The largest absolute Gasteiger partial charge is 0.380 e. The van der Waals surface area contributed by atoms with Crippen LogP contribution in [-0.2, 0) is 11.3 Å². The Hall–Kier alpha value is -0.380. The second-order valence-electron chi connectivity index (χ2n) is 4.68. The van der Waals surface area contributed by atoms with Crippen LogP contribution in [0.2, 0.25) is 0 Å². The lowest BCUT2D eigenvalue weighted by atomic mass is 9.92. The molecule has 94 valence electrons. The number of benzene rings is 1. The summed E-state index contributed by atoms with van der Waals surface area (Å²) in [5.41, 5.74) is 1.32. The molecule has 0 aliphatic heterocycles. The Morgan fingerprint density at radius 1 is 1.35 bits per heavy atom. The van der Waals surface area contributed by atoms with Crippen molar-refractivity contribution in [3.8, 4) is 0 Å². The third kappa shape index (κ3) is 3.80. The van der Waals surface area contributed by atoms with E-state index in [2.05, 4.69) is 45.5 Å². The lowest BCUT2D eigenvalue weighted by Crippen LogP contribution is -2.42. The molecule has 2 nitrogen and oxygen atoms in total. The maximum absolute atomic E-state index is 5.54. The van der Waals surface area contributed by atoms with Gasteiger partial charge in [0.05, 0.1) is 6.10 Å². The van der Waals surface area contributed by atoms with Crippen molar-refractivity contribution in [1.82, 2.24) is 5.32 Å². The first-order valence-electron chi connectivity index (χ1n) is 6.30. The van der Waals surface area contributed by atoms with Gasteiger partial charge in [0.25, 0.3) is 0 Å². The summed E-state index contributed by atoms with van der Waals surface area (Å²) in [6.45, 7) is 0.921. The van der Waals surface area contributed by atoms with E-state index < -0.39 is 0 Å². The molecule has 0 spiro atoms. The fourth-order valence-corrected chi connectivity index (χ4v) is 2.95. The van der Waals surface area contributed by atoms with Crippen LogP contribution in [0.5, 0.6) is 0 Å². The third-order valence-electron chi connectivity index (χ3n) is 3.46. The molecular formula is C14H20BrNO. The molecule has 1 saturated carbocycles. The zero-order valence-electron chi connectivity index (χ0n) is 10.3.